The van der Waals surface area contributed by atoms with Crippen molar-refractivity contribution in [2.45, 2.75) is 45.2 Å². The number of carbonyl (C=O) groups is 1. The Bertz CT molecular complexity index is 890. The van der Waals surface area contributed by atoms with Gasteiger partial charge in [-0.3, -0.25) is 4.79 Å². The molecule has 1 aromatic heterocycles. The van der Waals surface area contributed by atoms with Gasteiger partial charge in [-0.1, -0.05) is 24.1 Å². The minimum Gasteiger partial charge on any atom is -0.378 e. The fourth-order valence-corrected chi connectivity index (χ4v) is 3.93. The second-order valence-electron chi connectivity index (χ2n) is 7.87. The summed E-state index contributed by atoms with van der Waals surface area (Å²) in [5, 5.41) is 10.0. The number of anilines is 3. The second-order valence-corrected chi connectivity index (χ2v) is 8.28. The van der Waals surface area contributed by atoms with Crippen LogP contribution in [0.25, 0.3) is 0 Å². The van der Waals surface area contributed by atoms with Crippen LogP contribution in [-0.2, 0) is 11.3 Å². The van der Waals surface area contributed by atoms with E-state index in [9.17, 15) is 4.79 Å². The summed E-state index contributed by atoms with van der Waals surface area (Å²) in [6.07, 6.45) is 3.60. The molecular formula is C21H30ClN7O. The summed E-state index contributed by atoms with van der Waals surface area (Å²) in [5.41, 5.74) is 1.95. The molecule has 0 spiro atoms. The Balaban J connectivity index is 1.56. The molecule has 2 atom stereocenters. The van der Waals surface area contributed by atoms with Gasteiger partial charge in [0.05, 0.1) is 0 Å². The molecule has 1 saturated carbocycles. The number of nitrogens with zero attached hydrogens (tertiary/aromatic N) is 4. The SMILES string of the molecule is CNc1nc(C)nc(NC2CCCC(C(=O)NCc3ccc(N(C)C)cc3Cl)C2)n1. The van der Waals surface area contributed by atoms with Gasteiger partial charge in [-0.05, 0) is 43.9 Å². The molecule has 1 aromatic carbocycles. The lowest BCUT2D eigenvalue weighted by atomic mass is 9.85. The van der Waals surface area contributed by atoms with Crippen LogP contribution in [0.15, 0.2) is 18.2 Å². The highest BCUT2D eigenvalue weighted by molar-refractivity contribution is 6.31. The maximum absolute atomic E-state index is 12.8. The Hall–Kier alpha value is -2.61. The second kappa shape index (κ2) is 9.93. The largest absolute Gasteiger partial charge is 0.378 e. The maximum Gasteiger partial charge on any atom is 0.227 e. The van der Waals surface area contributed by atoms with Crippen LogP contribution in [0.1, 0.15) is 37.1 Å². The standard InChI is InChI=1S/C21H30ClN7O/c1-13-25-20(23-2)28-21(26-13)27-16-7-5-6-14(10-16)19(30)24-12-15-8-9-17(29(3)4)11-18(15)22/h8-9,11,14,16H,5-7,10,12H2,1-4H3,(H,24,30)(H2,23,25,26,27,28). The molecule has 0 radical (unpaired) electrons. The first-order valence-electron chi connectivity index (χ1n) is 10.3. The molecule has 30 heavy (non-hydrogen) atoms. The van der Waals surface area contributed by atoms with E-state index in [2.05, 4.69) is 30.9 Å². The average molecular weight is 432 g/mol. The summed E-state index contributed by atoms with van der Waals surface area (Å²) in [6.45, 7) is 2.26. The molecular weight excluding hydrogens is 402 g/mol. The van der Waals surface area contributed by atoms with E-state index in [1.54, 1.807) is 7.05 Å². The zero-order chi connectivity index (χ0) is 21.7. The molecule has 1 heterocycles. The molecule has 0 saturated heterocycles. The molecule has 1 fully saturated rings. The molecule has 8 nitrogen and oxygen atoms in total. The lowest BCUT2D eigenvalue weighted by Gasteiger charge is -2.29. The average Bonchev–Trinajstić information content (AvgIpc) is 2.72. The van der Waals surface area contributed by atoms with Gasteiger partial charge in [0.2, 0.25) is 17.8 Å². The number of halogens is 1. The third kappa shape index (κ3) is 5.72. The summed E-state index contributed by atoms with van der Waals surface area (Å²) < 4.78 is 0. The Labute approximate surface area is 182 Å². The van der Waals surface area contributed by atoms with Crippen LogP contribution in [0.3, 0.4) is 0 Å². The van der Waals surface area contributed by atoms with Crippen molar-refractivity contribution in [1.29, 1.82) is 0 Å². The molecule has 1 aliphatic carbocycles. The number of nitrogens with one attached hydrogen (secondary N) is 3. The molecule has 2 unspecified atom stereocenters. The highest BCUT2D eigenvalue weighted by atomic mass is 35.5. The van der Waals surface area contributed by atoms with Crippen LogP contribution in [0.5, 0.6) is 0 Å². The fourth-order valence-electron chi connectivity index (χ4n) is 3.68. The van der Waals surface area contributed by atoms with Gasteiger partial charge in [-0.2, -0.15) is 15.0 Å². The number of hydrogen-bond donors (Lipinski definition) is 3. The van der Waals surface area contributed by atoms with Gasteiger partial charge in [0, 0.05) is 50.4 Å². The van der Waals surface area contributed by atoms with E-state index >= 15 is 0 Å². The number of benzene rings is 1. The van der Waals surface area contributed by atoms with Crippen molar-refractivity contribution in [1.82, 2.24) is 20.3 Å². The highest BCUT2D eigenvalue weighted by Crippen LogP contribution is 2.27. The monoisotopic (exact) mass is 431 g/mol. The molecule has 3 N–H and O–H groups in total. The Morgan fingerprint density at radius 2 is 1.97 bits per heavy atom. The molecule has 162 valence electrons. The Kier molecular flexibility index (Phi) is 7.31. The van der Waals surface area contributed by atoms with Gasteiger partial charge in [0.1, 0.15) is 5.82 Å². The zero-order valence-corrected chi connectivity index (χ0v) is 18.8. The Morgan fingerprint density at radius 3 is 2.67 bits per heavy atom. The lowest BCUT2D eigenvalue weighted by molar-refractivity contribution is -0.126. The van der Waals surface area contributed by atoms with Gasteiger partial charge in [0.25, 0.3) is 0 Å². The normalized spacial score (nSPS) is 18.6. The number of aromatic nitrogens is 3. The first-order valence-corrected chi connectivity index (χ1v) is 10.6. The van der Waals surface area contributed by atoms with E-state index in [0.29, 0.717) is 29.3 Å². The van der Waals surface area contributed by atoms with Crippen LogP contribution in [0.4, 0.5) is 17.6 Å². The molecule has 9 heteroatoms. The number of amides is 1. The van der Waals surface area contributed by atoms with E-state index in [0.717, 1.165) is 36.9 Å². The minimum atomic E-state index is -0.0391. The topological polar surface area (TPSA) is 95.1 Å². The van der Waals surface area contributed by atoms with Gasteiger partial charge in [0.15, 0.2) is 0 Å². The molecule has 2 aromatic rings. The molecule has 0 aliphatic heterocycles. The summed E-state index contributed by atoms with van der Waals surface area (Å²) in [4.78, 5) is 27.7. The third-order valence-electron chi connectivity index (χ3n) is 5.36. The van der Waals surface area contributed by atoms with Gasteiger partial charge in [-0.15, -0.1) is 0 Å². The molecule has 1 aliphatic rings. The van der Waals surface area contributed by atoms with Crippen LogP contribution in [-0.4, -0.2) is 48.0 Å². The number of aryl methyl sites for hydroxylation is 1. The predicted octanol–water partition coefficient (Wildman–Crippen LogP) is 3.23. The highest BCUT2D eigenvalue weighted by Gasteiger charge is 2.27. The lowest BCUT2D eigenvalue weighted by Crippen LogP contribution is -2.37. The summed E-state index contributed by atoms with van der Waals surface area (Å²) in [7, 11) is 5.72. The van der Waals surface area contributed by atoms with E-state index < -0.39 is 0 Å². The van der Waals surface area contributed by atoms with Crippen LogP contribution < -0.4 is 20.9 Å². The van der Waals surface area contributed by atoms with Gasteiger partial charge in [-0.25, -0.2) is 0 Å². The first kappa shape index (κ1) is 22.1. The Morgan fingerprint density at radius 1 is 1.20 bits per heavy atom. The number of rotatable bonds is 7. The van der Waals surface area contributed by atoms with Gasteiger partial charge >= 0.3 is 0 Å². The minimum absolute atomic E-state index is 0.0391. The first-order chi connectivity index (χ1) is 14.4. The van der Waals surface area contributed by atoms with Crippen molar-refractivity contribution >= 4 is 35.1 Å². The molecule has 0 bridgehead atoms. The van der Waals surface area contributed by atoms with Gasteiger partial charge < -0.3 is 20.9 Å². The fraction of sp³-hybridized carbons (Fsp3) is 0.524. The number of carbonyl (C=O) groups excluding carboxylic acids is 1. The third-order valence-corrected chi connectivity index (χ3v) is 5.71. The van der Waals surface area contributed by atoms with Crippen molar-refractivity contribution < 1.29 is 4.79 Å². The van der Waals surface area contributed by atoms with E-state index in [1.807, 2.05) is 44.1 Å². The van der Waals surface area contributed by atoms with E-state index in [-0.39, 0.29) is 17.9 Å². The van der Waals surface area contributed by atoms with E-state index in [4.69, 9.17) is 11.6 Å². The maximum atomic E-state index is 12.8. The summed E-state index contributed by atoms with van der Waals surface area (Å²) in [6, 6.07) is 6.04. The summed E-state index contributed by atoms with van der Waals surface area (Å²) in [5.74, 6) is 1.76. The van der Waals surface area contributed by atoms with Crippen molar-refractivity contribution in [3.8, 4) is 0 Å². The van der Waals surface area contributed by atoms with Crippen molar-refractivity contribution in [3.05, 3.63) is 34.6 Å². The van der Waals surface area contributed by atoms with Crippen LogP contribution in [0, 0.1) is 12.8 Å². The number of hydrogen-bond acceptors (Lipinski definition) is 7. The predicted molar refractivity (Wildman–Crippen MR) is 121 cm³/mol. The molecule has 3 rings (SSSR count). The zero-order valence-electron chi connectivity index (χ0n) is 18.0. The van der Waals surface area contributed by atoms with Crippen molar-refractivity contribution in [2.24, 2.45) is 5.92 Å². The smallest absolute Gasteiger partial charge is 0.227 e. The molecule has 1 amide bonds. The summed E-state index contributed by atoms with van der Waals surface area (Å²) >= 11 is 6.38. The van der Waals surface area contributed by atoms with E-state index in [1.165, 1.54) is 0 Å². The van der Waals surface area contributed by atoms with Crippen LogP contribution in [0.2, 0.25) is 5.02 Å². The van der Waals surface area contributed by atoms with Crippen molar-refractivity contribution in [3.63, 3.8) is 0 Å². The van der Waals surface area contributed by atoms with Crippen LogP contribution >= 0.6 is 11.6 Å². The quantitative estimate of drug-likeness (QED) is 0.619. The van der Waals surface area contributed by atoms with Crippen molar-refractivity contribution in [2.75, 3.05) is 36.7 Å².